The summed E-state index contributed by atoms with van der Waals surface area (Å²) in [5, 5.41) is 7.75. The first-order chi connectivity index (χ1) is 8.10. The molecule has 4 heteroatoms. The van der Waals surface area contributed by atoms with Crippen LogP contribution in [0.2, 0.25) is 0 Å². The molecule has 17 heavy (non-hydrogen) atoms. The Morgan fingerprint density at radius 3 is 2.88 bits per heavy atom. The third kappa shape index (κ3) is 2.18. The lowest BCUT2D eigenvalue weighted by molar-refractivity contribution is -0.109. The van der Waals surface area contributed by atoms with Crippen LogP contribution < -0.4 is 5.32 Å². The maximum Gasteiger partial charge on any atom is 0.0728 e. The van der Waals surface area contributed by atoms with E-state index in [9.17, 15) is 0 Å². The summed E-state index contributed by atoms with van der Waals surface area (Å²) in [5.41, 5.74) is 1.35. The third-order valence-corrected chi connectivity index (χ3v) is 4.16. The van der Waals surface area contributed by atoms with Crippen LogP contribution in [0, 0.1) is 5.41 Å². The molecule has 0 amide bonds. The molecule has 1 N–H and O–H groups in total. The quantitative estimate of drug-likeness (QED) is 0.855. The van der Waals surface area contributed by atoms with E-state index >= 15 is 0 Å². The molecule has 3 unspecified atom stereocenters. The van der Waals surface area contributed by atoms with Crippen LogP contribution in [0.15, 0.2) is 12.4 Å². The van der Waals surface area contributed by atoms with Crippen molar-refractivity contribution in [1.29, 1.82) is 0 Å². The van der Waals surface area contributed by atoms with Gasteiger partial charge < -0.3 is 10.1 Å². The number of hydrogen-bond acceptors (Lipinski definition) is 3. The lowest BCUT2D eigenvalue weighted by atomic mass is 9.61. The number of rotatable bonds is 5. The van der Waals surface area contributed by atoms with Crippen LogP contribution in [0.4, 0.5) is 5.69 Å². The van der Waals surface area contributed by atoms with Crippen molar-refractivity contribution in [2.24, 2.45) is 12.5 Å². The van der Waals surface area contributed by atoms with Gasteiger partial charge in [-0.05, 0) is 19.8 Å². The van der Waals surface area contributed by atoms with Gasteiger partial charge in [-0.3, -0.25) is 4.68 Å². The second-order valence-corrected chi connectivity index (χ2v) is 5.14. The van der Waals surface area contributed by atoms with Gasteiger partial charge in [0.2, 0.25) is 0 Å². The van der Waals surface area contributed by atoms with Crippen molar-refractivity contribution in [2.45, 2.75) is 45.8 Å². The predicted molar refractivity (Wildman–Crippen MR) is 69.0 cm³/mol. The Kier molecular flexibility index (Phi) is 3.43. The van der Waals surface area contributed by atoms with Crippen molar-refractivity contribution in [3.63, 3.8) is 0 Å². The minimum Gasteiger partial charge on any atom is -0.379 e. The third-order valence-electron chi connectivity index (χ3n) is 4.16. The average Bonchev–Trinajstić information content (AvgIpc) is 2.72. The van der Waals surface area contributed by atoms with E-state index in [0.29, 0.717) is 12.1 Å². The monoisotopic (exact) mass is 237 g/mol. The Hall–Kier alpha value is -1.03. The van der Waals surface area contributed by atoms with Gasteiger partial charge in [0.1, 0.15) is 0 Å². The molecule has 1 saturated carbocycles. The van der Waals surface area contributed by atoms with E-state index in [1.54, 1.807) is 0 Å². The minimum absolute atomic E-state index is 0.242. The Morgan fingerprint density at radius 2 is 2.35 bits per heavy atom. The zero-order valence-corrected chi connectivity index (χ0v) is 11.2. The number of aromatic nitrogens is 2. The number of ether oxygens (including phenoxy) is 1. The minimum atomic E-state index is 0.242. The SMILES string of the molecule is CCOC1CC(Nc2cnn(C)c2)C1(C)CC. The van der Waals surface area contributed by atoms with E-state index in [1.165, 1.54) is 0 Å². The highest BCUT2D eigenvalue weighted by Crippen LogP contribution is 2.47. The van der Waals surface area contributed by atoms with E-state index < -0.39 is 0 Å². The van der Waals surface area contributed by atoms with Gasteiger partial charge >= 0.3 is 0 Å². The van der Waals surface area contributed by atoms with E-state index in [0.717, 1.165) is 25.1 Å². The summed E-state index contributed by atoms with van der Waals surface area (Å²) in [4.78, 5) is 0. The highest BCUT2D eigenvalue weighted by Gasteiger charge is 2.51. The molecule has 1 aromatic rings. The van der Waals surface area contributed by atoms with Crippen LogP contribution in [-0.2, 0) is 11.8 Å². The van der Waals surface area contributed by atoms with E-state index in [-0.39, 0.29) is 5.41 Å². The number of anilines is 1. The van der Waals surface area contributed by atoms with Crippen molar-refractivity contribution in [3.05, 3.63) is 12.4 Å². The van der Waals surface area contributed by atoms with Crippen molar-refractivity contribution < 1.29 is 4.74 Å². The number of nitrogens with zero attached hydrogens (tertiary/aromatic N) is 2. The number of nitrogens with one attached hydrogen (secondary N) is 1. The molecule has 0 spiro atoms. The molecular formula is C13H23N3O. The smallest absolute Gasteiger partial charge is 0.0728 e. The molecule has 1 aromatic heterocycles. The lowest BCUT2D eigenvalue weighted by Gasteiger charge is -2.53. The Morgan fingerprint density at radius 1 is 1.59 bits per heavy atom. The van der Waals surface area contributed by atoms with Gasteiger partial charge in [0, 0.05) is 31.3 Å². The highest BCUT2D eigenvalue weighted by atomic mass is 16.5. The van der Waals surface area contributed by atoms with Crippen molar-refractivity contribution >= 4 is 5.69 Å². The Bertz CT molecular complexity index is 376. The topological polar surface area (TPSA) is 39.1 Å². The predicted octanol–water partition coefficient (Wildman–Crippen LogP) is 2.43. The highest BCUT2D eigenvalue weighted by molar-refractivity contribution is 5.41. The molecule has 0 saturated heterocycles. The molecule has 96 valence electrons. The molecule has 0 bridgehead atoms. The van der Waals surface area contributed by atoms with Gasteiger partial charge in [-0.1, -0.05) is 13.8 Å². The Balaban J connectivity index is 1.99. The standard InChI is InChI=1S/C13H23N3O/c1-5-13(3)11(7-12(13)17-6-2)15-10-8-14-16(4)9-10/h8-9,11-12,15H,5-7H2,1-4H3. The molecule has 1 aliphatic carbocycles. The molecule has 1 fully saturated rings. The van der Waals surface area contributed by atoms with Gasteiger partial charge in [0.05, 0.1) is 18.0 Å². The molecular weight excluding hydrogens is 214 g/mol. The fourth-order valence-electron chi connectivity index (χ4n) is 2.67. The molecule has 2 rings (SSSR count). The molecule has 0 aliphatic heterocycles. The van der Waals surface area contributed by atoms with E-state index in [4.69, 9.17) is 4.74 Å². The normalized spacial score (nSPS) is 32.2. The van der Waals surface area contributed by atoms with Gasteiger partial charge in [-0.15, -0.1) is 0 Å². The van der Waals surface area contributed by atoms with Gasteiger partial charge in [-0.2, -0.15) is 5.10 Å². The summed E-state index contributed by atoms with van der Waals surface area (Å²) in [5.74, 6) is 0. The second-order valence-electron chi connectivity index (χ2n) is 5.14. The molecule has 0 radical (unpaired) electrons. The average molecular weight is 237 g/mol. The van der Waals surface area contributed by atoms with Crippen LogP contribution >= 0.6 is 0 Å². The summed E-state index contributed by atoms with van der Waals surface area (Å²) in [7, 11) is 1.94. The maximum absolute atomic E-state index is 5.80. The molecule has 3 atom stereocenters. The van der Waals surface area contributed by atoms with Crippen LogP contribution in [0.25, 0.3) is 0 Å². The molecule has 4 nitrogen and oxygen atoms in total. The van der Waals surface area contributed by atoms with Crippen molar-refractivity contribution in [1.82, 2.24) is 9.78 Å². The summed E-state index contributed by atoms with van der Waals surface area (Å²) < 4.78 is 7.62. The molecule has 0 aromatic carbocycles. The van der Waals surface area contributed by atoms with Gasteiger partial charge in [-0.25, -0.2) is 0 Å². The fourth-order valence-corrected chi connectivity index (χ4v) is 2.67. The zero-order valence-electron chi connectivity index (χ0n) is 11.2. The van der Waals surface area contributed by atoms with E-state index in [2.05, 4.69) is 31.2 Å². The maximum atomic E-state index is 5.80. The lowest BCUT2D eigenvalue weighted by Crippen LogP contribution is -2.59. The second kappa shape index (κ2) is 4.69. The van der Waals surface area contributed by atoms with Crippen molar-refractivity contribution in [2.75, 3.05) is 11.9 Å². The van der Waals surface area contributed by atoms with Crippen LogP contribution in [0.1, 0.15) is 33.6 Å². The Labute approximate surface area is 103 Å². The molecule has 1 aliphatic rings. The fraction of sp³-hybridized carbons (Fsp3) is 0.769. The molecule has 1 heterocycles. The first-order valence-corrected chi connectivity index (χ1v) is 6.47. The van der Waals surface area contributed by atoms with Crippen LogP contribution in [-0.4, -0.2) is 28.5 Å². The summed E-state index contributed by atoms with van der Waals surface area (Å²) in [6.45, 7) is 7.42. The summed E-state index contributed by atoms with van der Waals surface area (Å²) in [6, 6.07) is 0.494. The van der Waals surface area contributed by atoms with Gasteiger partial charge in [0.15, 0.2) is 0 Å². The largest absolute Gasteiger partial charge is 0.379 e. The van der Waals surface area contributed by atoms with E-state index in [1.807, 2.05) is 24.1 Å². The first-order valence-electron chi connectivity index (χ1n) is 6.47. The number of hydrogen-bond donors (Lipinski definition) is 1. The summed E-state index contributed by atoms with van der Waals surface area (Å²) in [6.07, 6.45) is 6.52. The first kappa shape index (κ1) is 12.4. The van der Waals surface area contributed by atoms with Crippen LogP contribution in [0.5, 0.6) is 0 Å². The van der Waals surface area contributed by atoms with Gasteiger partial charge in [0.25, 0.3) is 0 Å². The van der Waals surface area contributed by atoms with Crippen LogP contribution in [0.3, 0.4) is 0 Å². The van der Waals surface area contributed by atoms with Crippen molar-refractivity contribution in [3.8, 4) is 0 Å². The zero-order chi connectivity index (χ0) is 12.5. The summed E-state index contributed by atoms with van der Waals surface area (Å²) >= 11 is 0. The number of aryl methyl sites for hydroxylation is 1.